The lowest BCUT2D eigenvalue weighted by Crippen LogP contribution is -2.37. The molecule has 2 N–H and O–H groups in total. The average molecular weight is 765 g/mol. The van der Waals surface area contributed by atoms with Crippen molar-refractivity contribution in [1.29, 1.82) is 0 Å². The maximum absolute atomic E-state index is 12.9. The molecule has 0 spiro atoms. The quantitative estimate of drug-likeness (QED) is 0.0654. The number of rotatable bonds is 27. The Morgan fingerprint density at radius 3 is 1.76 bits per heavy atom. The van der Waals surface area contributed by atoms with E-state index in [9.17, 15) is 18.9 Å². The first-order chi connectivity index (χ1) is 23.8. The average Bonchev–Trinajstić information content (AvgIpc) is 3.02. The van der Waals surface area contributed by atoms with Crippen molar-refractivity contribution in [2.24, 2.45) is 17.8 Å². The van der Waals surface area contributed by atoms with Gasteiger partial charge in [0.2, 0.25) is 0 Å². The molecule has 298 valence electrons. The molecule has 51 heavy (non-hydrogen) atoms. The van der Waals surface area contributed by atoms with E-state index in [0.29, 0.717) is 11.7 Å². The third kappa shape index (κ3) is 17.8. The molecule has 0 fully saturated rings. The van der Waals surface area contributed by atoms with E-state index in [1.807, 2.05) is 20.8 Å². The predicted molar refractivity (Wildman–Crippen MR) is 203 cm³/mol. The Morgan fingerprint density at radius 2 is 1.22 bits per heavy atom. The van der Waals surface area contributed by atoms with Crippen LogP contribution in [0.4, 0.5) is 0 Å². The molecule has 0 saturated carbocycles. The van der Waals surface area contributed by atoms with Gasteiger partial charge in [0, 0.05) is 5.56 Å². The van der Waals surface area contributed by atoms with E-state index >= 15 is 0 Å². The minimum absolute atomic E-state index is 0.0476. The molecule has 13 heteroatoms. The Balaban J connectivity index is 1.76. The molecule has 0 amide bonds. The van der Waals surface area contributed by atoms with Gasteiger partial charge in [-0.05, 0) is 102 Å². The summed E-state index contributed by atoms with van der Waals surface area (Å²) in [5.41, 5.74) is 3.24. The summed E-state index contributed by atoms with van der Waals surface area (Å²) in [4.78, 5) is 20.0. The molecule has 1 aliphatic rings. The fraction of sp³-hybridized carbons (Fsp3) is 0.842. The predicted octanol–water partition coefficient (Wildman–Crippen LogP) is 10.2. The molecule has 1 aromatic carbocycles. The van der Waals surface area contributed by atoms with Gasteiger partial charge in [-0.2, -0.15) is 0 Å². The minimum Gasteiger partial charge on any atom is -0.487 e. The SMILES string of the molecule is Cc1c(C)c2c(c(C)c1OP(=O)(O)OCCOCCOCCOP(=O)(O)OC(C)C)CC[C@](C)(CCC[C@H](C)CCC[C@H](C)CCCC(C)C)O2. The summed E-state index contributed by atoms with van der Waals surface area (Å²) in [6.07, 6.45) is 12.6. The lowest BCUT2D eigenvalue weighted by molar-refractivity contribution is 0.0186. The van der Waals surface area contributed by atoms with Gasteiger partial charge >= 0.3 is 15.6 Å². The number of phosphoric ester groups is 2. The third-order valence-electron chi connectivity index (χ3n) is 9.73. The highest BCUT2D eigenvalue weighted by Gasteiger charge is 2.36. The maximum Gasteiger partial charge on any atom is 0.527 e. The molecular weight excluding hydrogens is 694 g/mol. The van der Waals surface area contributed by atoms with E-state index in [2.05, 4.69) is 34.6 Å². The van der Waals surface area contributed by atoms with Crippen molar-refractivity contribution >= 4 is 15.6 Å². The van der Waals surface area contributed by atoms with Crippen molar-refractivity contribution < 1.29 is 51.2 Å². The van der Waals surface area contributed by atoms with Crippen LogP contribution in [-0.2, 0) is 38.6 Å². The summed E-state index contributed by atoms with van der Waals surface area (Å²) >= 11 is 0. The first-order valence-electron chi connectivity index (χ1n) is 19.1. The summed E-state index contributed by atoms with van der Waals surface area (Å²) in [7, 11) is -8.52. The van der Waals surface area contributed by atoms with E-state index in [0.717, 1.165) is 65.5 Å². The van der Waals surface area contributed by atoms with E-state index < -0.39 is 21.7 Å². The van der Waals surface area contributed by atoms with Crippen molar-refractivity contribution in [2.45, 2.75) is 152 Å². The number of benzene rings is 1. The smallest absolute Gasteiger partial charge is 0.487 e. The second-order valence-electron chi connectivity index (χ2n) is 15.5. The number of hydrogen-bond donors (Lipinski definition) is 2. The van der Waals surface area contributed by atoms with Crippen molar-refractivity contribution in [3.05, 3.63) is 22.3 Å². The highest BCUT2D eigenvalue weighted by Crippen LogP contribution is 2.51. The summed E-state index contributed by atoms with van der Waals surface area (Å²) in [6.45, 7) is 20.9. The van der Waals surface area contributed by atoms with Crippen molar-refractivity contribution in [3.63, 3.8) is 0 Å². The van der Waals surface area contributed by atoms with Crippen LogP contribution in [0.1, 0.15) is 135 Å². The molecule has 2 unspecified atom stereocenters. The molecule has 0 aliphatic carbocycles. The summed E-state index contributed by atoms with van der Waals surface area (Å²) < 4.78 is 62.4. The summed E-state index contributed by atoms with van der Waals surface area (Å²) in [5.74, 6) is 3.57. The van der Waals surface area contributed by atoms with Crippen molar-refractivity contribution in [2.75, 3.05) is 39.6 Å². The van der Waals surface area contributed by atoms with Crippen LogP contribution in [0.3, 0.4) is 0 Å². The van der Waals surface area contributed by atoms with Gasteiger partial charge in [0.1, 0.15) is 17.1 Å². The molecule has 1 aromatic rings. The van der Waals surface area contributed by atoms with E-state index in [-0.39, 0.29) is 45.2 Å². The van der Waals surface area contributed by atoms with Crippen LogP contribution >= 0.6 is 15.6 Å². The monoisotopic (exact) mass is 764 g/mol. The maximum atomic E-state index is 12.9. The van der Waals surface area contributed by atoms with Crippen LogP contribution in [-0.4, -0.2) is 61.1 Å². The number of phosphoric acid groups is 2. The molecule has 0 bridgehead atoms. The molecule has 2 rings (SSSR count). The molecule has 0 aromatic heterocycles. The Labute approximate surface area is 309 Å². The molecule has 5 atom stereocenters. The zero-order valence-electron chi connectivity index (χ0n) is 33.3. The van der Waals surface area contributed by atoms with Crippen molar-refractivity contribution in [1.82, 2.24) is 0 Å². The zero-order valence-corrected chi connectivity index (χ0v) is 35.1. The summed E-state index contributed by atoms with van der Waals surface area (Å²) in [6, 6.07) is 0. The van der Waals surface area contributed by atoms with Gasteiger partial charge in [0.15, 0.2) is 0 Å². The van der Waals surface area contributed by atoms with Gasteiger partial charge in [0.05, 0.1) is 45.7 Å². The van der Waals surface area contributed by atoms with Crippen LogP contribution in [0.5, 0.6) is 11.5 Å². The lowest BCUT2D eigenvalue weighted by atomic mass is 9.84. The van der Waals surface area contributed by atoms with Crippen LogP contribution in [0.25, 0.3) is 0 Å². The van der Waals surface area contributed by atoms with Crippen LogP contribution in [0.2, 0.25) is 0 Å². The fourth-order valence-corrected chi connectivity index (χ4v) is 8.34. The third-order valence-corrected chi connectivity index (χ3v) is 11.8. The Bertz CT molecular complexity index is 1270. The molecule has 0 saturated heterocycles. The van der Waals surface area contributed by atoms with Gasteiger partial charge in [-0.3, -0.25) is 18.5 Å². The highest BCUT2D eigenvalue weighted by molar-refractivity contribution is 7.48. The Morgan fingerprint density at radius 1 is 0.706 bits per heavy atom. The van der Waals surface area contributed by atoms with Gasteiger partial charge in [-0.15, -0.1) is 0 Å². The van der Waals surface area contributed by atoms with Gasteiger partial charge < -0.3 is 23.6 Å². The topological polar surface area (TPSA) is 139 Å². The van der Waals surface area contributed by atoms with Crippen LogP contribution in [0.15, 0.2) is 0 Å². The second-order valence-corrected chi connectivity index (χ2v) is 18.3. The second kappa shape index (κ2) is 22.4. The van der Waals surface area contributed by atoms with Gasteiger partial charge in [0.25, 0.3) is 0 Å². The zero-order chi connectivity index (χ0) is 38.2. The summed E-state index contributed by atoms with van der Waals surface area (Å²) in [5, 5.41) is 0. The molecule has 11 nitrogen and oxygen atoms in total. The number of hydrogen-bond acceptors (Lipinski definition) is 9. The Hall–Kier alpha value is -1.00. The fourth-order valence-electron chi connectivity index (χ4n) is 6.58. The minimum atomic E-state index is -4.42. The lowest BCUT2D eigenvalue weighted by Gasteiger charge is -2.38. The van der Waals surface area contributed by atoms with Crippen LogP contribution < -0.4 is 9.26 Å². The van der Waals surface area contributed by atoms with E-state index in [4.69, 9.17) is 32.3 Å². The molecular formula is C38H70O11P2. The molecule has 1 heterocycles. The first kappa shape index (κ1) is 46.2. The first-order valence-corrected chi connectivity index (χ1v) is 22.1. The molecule has 0 radical (unpaired) electrons. The number of fused-ring (bicyclic) bond motifs is 1. The standard InChI is InChI=1S/C38H70O11P2/c1-28(2)14-11-15-30(5)16-12-17-31(6)18-13-20-38(10)21-19-35-34(9)36(32(7)33(8)37(35)47-38)49-51(41,42)46-27-25-44-23-22-43-24-26-45-50(39,40)48-29(3)4/h28-31H,11-27H2,1-10H3,(H,39,40)(H,41,42)/t30-,31-,38+/m1/s1. The van der Waals surface area contributed by atoms with Crippen LogP contribution in [0, 0.1) is 38.5 Å². The largest absolute Gasteiger partial charge is 0.527 e. The van der Waals surface area contributed by atoms with Gasteiger partial charge in [-0.1, -0.05) is 72.6 Å². The highest BCUT2D eigenvalue weighted by atomic mass is 31.2. The number of ether oxygens (including phenoxy) is 3. The van der Waals surface area contributed by atoms with Crippen molar-refractivity contribution in [3.8, 4) is 11.5 Å². The normalized spacial score (nSPS) is 19.7. The van der Waals surface area contributed by atoms with Gasteiger partial charge in [-0.25, -0.2) is 9.13 Å². The molecule has 1 aliphatic heterocycles. The Kier molecular flexibility index (Phi) is 20.3. The van der Waals surface area contributed by atoms with E-state index in [1.165, 1.54) is 44.9 Å². The van der Waals surface area contributed by atoms with E-state index in [1.54, 1.807) is 13.8 Å².